The van der Waals surface area contributed by atoms with E-state index in [4.69, 9.17) is 5.73 Å². The van der Waals surface area contributed by atoms with Crippen molar-refractivity contribution in [2.75, 3.05) is 5.73 Å². The second-order valence-electron chi connectivity index (χ2n) is 4.26. The fourth-order valence-corrected chi connectivity index (χ4v) is 2.63. The molecule has 0 saturated carbocycles. The number of nitrogen functional groups attached to an aromatic ring is 1. The number of anilines is 1. The molecule has 2 heterocycles. The molecule has 3 aromatic rings. The monoisotopic (exact) mass is 310 g/mol. The Hall–Kier alpha value is -2.22. The van der Waals surface area contributed by atoms with E-state index in [2.05, 4.69) is 10.1 Å². The van der Waals surface area contributed by atoms with Crippen LogP contribution in [0.25, 0.3) is 5.52 Å². The molecule has 2 N–H and O–H groups in total. The molecule has 0 unspecified atom stereocenters. The van der Waals surface area contributed by atoms with Gasteiger partial charge in [-0.05, 0) is 30.3 Å². The minimum absolute atomic E-state index is 0.312. The maximum Gasteiger partial charge on any atom is 0.435 e. The van der Waals surface area contributed by atoms with Crippen LogP contribution in [0.15, 0.2) is 52.6 Å². The zero-order valence-electron chi connectivity index (χ0n) is 10.5. The van der Waals surface area contributed by atoms with Gasteiger partial charge < -0.3 is 5.73 Å². The molecular formula is C13H9F3N4S. The minimum atomic E-state index is -4.48. The second-order valence-corrected chi connectivity index (χ2v) is 5.32. The number of nitrogens with zero attached hydrogens (tertiary/aromatic N) is 3. The van der Waals surface area contributed by atoms with Crippen LogP contribution in [0.2, 0.25) is 0 Å². The number of alkyl halides is 3. The number of halogens is 3. The van der Waals surface area contributed by atoms with E-state index < -0.39 is 11.9 Å². The lowest BCUT2D eigenvalue weighted by molar-refractivity contribution is -0.141. The van der Waals surface area contributed by atoms with Crippen molar-refractivity contribution in [2.45, 2.75) is 16.1 Å². The van der Waals surface area contributed by atoms with Gasteiger partial charge in [-0.3, -0.25) is 0 Å². The molecule has 0 radical (unpaired) electrons. The molecule has 0 amide bonds. The second kappa shape index (κ2) is 4.96. The minimum Gasteiger partial charge on any atom is -0.399 e. The summed E-state index contributed by atoms with van der Waals surface area (Å²) in [4.78, 5) is 4.96. The van der Waals surface area contributed by atoms with Crippen molar-refractivity contribution in [3.05, 3.63) is 48.4 Å². The summed E-state index contributed by atoms with van der Waals surface area (Å²) in [5, 5.41) is 3.97. The fraction of sp³-hybridized carbons (Fsp3) is 0.0769. The first kappa shape index (κ1) is 13.7. The van der Waals surface area contributed by atoms with Crippen molar-refractivity contribution in [3.8, 4) is 0 Å². The van der Waals surface area contributed by atoms with E-state index in [1.54, 1.807) is 24.3 Å². The van der Waals surface area contributed by atoms with Gasteiger partial charge >= 0.3 is 6.18 Å². The van der Waals surface area contributed by atoms with Gasteiger partial charge in [0.25, 0.3) is 0 Å². The van der Waals surface area contributed by atoms with Crippen LogP contribution in [-0.4, -0.2) is 14.6 Å². The molecule has 21 heavy (non-hydrogen) atoms. The number of hydrogen-bond donors (Lipinski definition) is 1. The van der Waals surface area contributed by atoms with Crippen molar-refractivity contribution < 1.29 is 13.2 Å². The van der Waals surface area contributed by atoms with Crippen molar-refractivity contribution in [1.82, 2.24) is 14.6 Å². The van der Waals surface area contributed by atoms with Crippen LogP contribution in [-0.2, 0) is 6.18 Å². The molecule has 0 aliphatic heterocycles. The van der Waals surface area contributed by atoms with Gasteiger partial charge in [-0.2, -0.15) is 18.3 Å². The Morgan fingerprint density at radius 3 is 2.52 bits per heavy atom. The van der Waals surface area contributed by atoms with Gasteiger partial charge in [0, 0.05) is 23.0 Å². The van der Waals surface area contributed by atoms with E-state index in [0.717, 1.165) is 11.0 Å². The maximum atomic E-state index is 12.7. The molecule has 108 valence electrons. The van der Waals surface area contributed by atoms with Gasteiger partial charge in [-0.1, -0.05) is 11.8 Å². The molecule has 0 aliphatic carbocycles. The van der Waals surface area contributed by atoms with E-state index in [-0.39, 0.29) is 0 Å². The fourth-order valence-electron chi connectivity index (χ4n) is 1.76. The first-order valence-electron chi connectivity index (χ1n) is 5.88. The van der Waals surface area contributed by atoms with Crippen LogP contribution in [0.5, 0.6) is 0 Å². The van der Waals surface area contributed by atoms with Crippen molar-refractivity contribution in [3.63, 3.8) is 0 Å². The maximum absolute atomic E-state index is 12.7. The van der Waals surface area contributed by atoms with E-state index in [1.807, 2.05) is 0 Å². The predicted octanol–water partition coefficient (Wildman–Crippen LogP) is 3.48. The number of aromatic nitrogens is 3. The Bertz CT molecular complexity index is 780. The summed E-state index contributed by atoms with van der Waals surface area (Å²) < 4.78 is 39.3. The Morgan fingerprint density at radius 1 is 1.14 bits per heavy atom. The molecule has 0 bridgehead atoms. The summed E-state index contributed by atoms with van der Waals surface area (Å²) in [6, 6.07) is 8.01. The Balaban J connectivity index is 2.02. The Kier molecular flexibility index (Phi) is 3.25. The lowest BCUT2D eigenvalue weighted by Crippen LogP contribution is -2.05. The third kappa shape index (κ3) is 2.80. The standard InChI is InChI=1S/C13H9F3N4S/c14-13(15,16)11-7-10-12(18-5-6-20(10)19-11)21-9-3-1-8(17)2-4-9/h1-7H,17H2. The summed E-state index contributed by atoms with van der Waals surface area (Å²) in [5.41, 5.74) is 5.59. The third-order valence-electron chi connectivity index (χ3n) is 2.74. The van der Waals surface area contributed by atoms with Gasteiger partial charge in [-0.15, -0.1) is 0 Å². The highest BCUT2D eigenvalue weighted by Crippen LogP contribution is 2.33. The molecule has 2 aromatic heterocycles. The van der Waals surface area contributed by atoms with Gasteiger partial charge in [0.1, 0.15) is 5.03 Å². The number of benzene rings is 1. The number of fused-ring (bicyclic) bond motifs is 1. The third-order valence-corrected chi connectivity index (χ3v) is 3.76. The molecule has 0 spiro atoms. The predicted molar refractivity (Wildman–Crippen MR) is 73.0 cm³/mol. The van der Waals surface area contributed by atoms with E-state index in [1.165, 1.54) is 28.7 Å². The van der Waals surface area contributed by atoms with Gasteiger partial charge in [-0.25, -0.2) is 9.50 Å². The summed E-state index contributed by atoms with van der Waals surface area (Å²) in [6.07, 6.45) is -1.67. The lowest BCUT2D eigenvalue weighted by Gasteiger charge is -2.02. The largest absolute Gasteiger partial charge is 0.435 e. The summed E-state index contributed by atoms with van der Waals surface area (Å²) in [5.74, 6) is 0. The lowest BCUT2D eigenvalue weighted by atomic mass is 10.3. The van der Waals surface area contributed by atoms with Crippen molar-refractivity contribution in [2.24, 2.45) is 0 Å². The number of rotatable bonds is 2. The highest BCUT2D eigenvalue weighted by atomic mass is 32.2. The zero-order chi connectivity index (χ0) is 15.0. The van der Waals surface area contributed by atoms with Gasteiger partial charge in [0.15, 0.2) is 5.69 Å². The summed E-state index contributed by atoms with van der Waals surface area (Å²) in [6.45, 7) is 0. The van der Waals surface area contributed by atoms with Gasteiger partial charge in [0.05, 0.1) is 5.52 Å². The van der Waals surface area contributed by atoms with E-state index in [9.17, 15) is 13.2 Å². The van der Waals surface area contributed by atoms with Crippen molar-refractivity contribution in [1.29, 1.82) is 0 Å². The van der Waals surface area contributed by atoms with E-state index >= 15 is 0 Å². The van der Waals surface area contributed by atoms with Gasteiger partial charge in [0.2, 0.25) is 0 Å². The first-order valence-corrected chi connectivity index (χ1v) is 6.70. The molecular weight excluding hydrogens is 301 g/mol. The van der Waals surface area contributed by atoms with E-state index in [0.29, 0.717) is 16.2 Å². The smallest absolute Gasteiger partial charge is 0.399 e. The topological polar surface area (TPSA) is 56.2 Å². The molecule has 3 rings (SSSR count). The molecule has 0 aliphatic rings. The average Bonchev–Trinajstić information content (AvgIpc) is 2.86. The van der Waals surface area contributed by atoms with Crippen LogP contribution in [0.1, 0.15) is 5.69 Å². The molecule has 0 fully saturated rings. The Morgan fingerprint density at radius 2 is 1.86 bits per heavy atom. The highest BCUT2D eigenvalue weighted by Gasteiger charge is 2.34. The summed E-state index contributed by atoms with van der Waals surface area (Å²) >= 11 is 1.25. The molecule has 0 atom stereocenters. The molecule has 0 saturated heterocycles. The number of nitrogens with two attached hydrogens (primary N) is 1. The normalized spacial score (nSPS) is 12.0. The van der Waals surface area contributed by atoms with Crippen LogP contribution < -0.4 is 5.73 Å². The summed E-state index contributed by atoms with van der Waals surface area (Å²) in [7, 11) is 0. The molecule has 4 nitrogen and oxygen atoms in total. The van der Waals surface area contributed by atoms with Crippen LogP contribution in [0.3, 0.4) is 0 Å². The highest BCUT2D eigenvalue weighted by molar-refractivity contribution is 7.99. The quantitative estimate of drug-likeness (QED) is 0.736. The van der Waals surface area contributed by atoms with Crippen LogP contribution in [0, 0.1) is 0 Å². The zero-order valence-corrected chi connectivity index (χ0v) is 11.3. The van der Waals surface area contributed by atoms with Crippen LogP contribution >= 0.6 is 11.8 Å². The molecule has 8 heteroatoms. The van der Waals surface area contributed by atoms with Crippen molar-refractivity contribution >= 4 is 23.0 Å². The molecule has 1 aromatic carbocycles. The first-order chi connectivity index (χ1) is 9.93. The average molecular weight is 310 g/mol. The van der Waals surface area contributed by atoms with Crippen LogP contribution in [0.4, 0.5) is 18.9 Å². The Labute approximate surface area is 121 Å². The SMILES string of the molecule is Nc1ccc(Sc2nccn3nc(C(F)(F)F)cc23)cc1. The number of hydrogen-bond acceptors (Lipinski definition) is 4.